The largest absolute Gasteiger partial charge is 0.465 e. The van der Waals surface area contributed by atoms with E-state index in [9.17, 15) is 9.90 Å². The number of hydrogen-bond acceptors (Lipinski definition) is 3. The SMILES string of the molecule is CC(C)(C)N(C(=O)O)C1CC(OC2CCNCC2)C1. The molecule has 0 radical (unpaired) electrons. The van der Waals surface area contributed by atoms with Crippen LogP contribution >= 0.6 is 0 Å². The van der Waals surface area contributed by atoms with Crippen LogP contribution in [0.5, 0.6) is 0 Å². The Morgan fingerprint density at radius 1 is 1.21 bits per heavy atom. The second-order valence-corrected chi connectivity index (χ2v) is 6.66. The molecule has 1 saturated carbocycles. The number of nitrogens with zero attached hydrogens (tertiary/aromatic N) is 1. The van der Waals surface area contributed by atoms with Crippen LogP contribution in [0.2, 0.25) is 0 Å². The van der Waals surface area contributed by atoms with Gasteiger partial charge in [0.05, 0.1) is 12.2 Å². The predicted octanol–water partition coefficient (Wildman–Crippen LogP) is 2.06. The molecule has 0 spiro atoms. The van der Waals surface area contributed by atoms with E-state index in [0.717, 1.165) is 38.8 Å². The van der Waals surface area contributed by atoms with Crippen molar-refractivity contribution in [3.63, 3.8) is 0 Å². The summed E-state index contributed by atoms with van der Waals surface area (Å²) in [6, 6.07) is 0.115. The van der Waals surface area contributed by atoms with Crippen LogP contribution in [0.1, 0.15) is 46.5 Å². The lowest BCUT2D eigenvalue weighted by Crippen LogP contribution is -2.58. The van der Waals surface area contributed by atoms with Gasteiger partial charge in [-0.1, -0.05) is 0 Å². The van der Waals surface area contributed by atoms with Gasteiger partial charge in [-0.15, -0.1) is 0 Å². The second kappa shape index (κ2) is 5.67. The zero-order valence-corrected chi connectivity index (χ0v) is 12.2. The molecule has 2 rings (SSSR count). The van der Waals surface area contributed by atoms with Gasteiger partial charge >= 0.3 is 6.09 Å². The highest BCUT2D eigenvalue weighted by molar-refractivity contribution is 5.66. The average molecular weight is 270 g/mol. The maximum Gasteiger partial charge on any atom is 0.407 e. The monoisotopic (exact) mass is 270 g/mol. The molecule has 2 fully saturated rings. The molecule has 5 nitrogen and oxygen atoms in total. The van der Waals surface area contributed by atoms with Crippen LogP contribution in [0, 0.1) is 0 Å². The van der Waals surface area contributed by atoms with Crippen molar-refractivity contribution in [1.82, 2.24) is 10.2 Å². The molecular formula is C14H26N2O3. The fourth-order valence-electron chi connectivity index (χ4n) is 3.05. The Kier molecular flexibility index (Phi) is 4.36. The zero-order chi connectivity index (χ0) is 14.0. The van der Waals surface area contributed by atoms with Crippen molar-refractivity contribution in [3.8, 4) is 0 Å². The lowest BCUT2D eigenvalue weighted by Gasteiger charge is -2.48. The van der Waals surface area contributed by atoms with Gasteiger partial charge in [0.1, 0.15) is 0 Å². The Labute approximate surface area is 115 Å². The van der Waals surface area contributed by atoms with Crippen molar-refractivity contribution in [1.29, 1.82) is 0 Å². The molecule has 1 amide bonds. The van der Waals surface area contributed by atoms with Crippen LogP contribution in [0.3, 0.4) is 0 Å². The van der Waals surface area contributed by atoms with Crippen molar-refractivity contribution in [3.05, 3.63) is 0 Å². The standard InChI is InChI=1S/C14H26N2O3/c1-14(2,3)16(13(17)18)10-8-12(9-10)19-11-4-6-15-7-5-11/h10-12,15H,4-9H2,1-3H3,(H,17,18). The first-order valence-corrected chi connectivity index (χ1v) is 7.26. The fraction of sp³-hybridized carbons (Fsp3) is 0.929. The summed E-state index contributed by atoms with van der Waals surface area (Å²) in [5, 5.41) is 12.6. The Balaban J connectivity index is 1.79. The number of rotatable bonds is 3. The quantitative estimate of drug-likeness (QED) is 0.824. The summed E-state index contributed by atoms with van der Waals surface area (Å²) in [6.07, 6.45) is 3.61. The minimum atomic E-state index is -0.821. The number of hydrogen-bond donors (Lipinski definition) is 2. The van der Waals surface area contributed by atoms with Crippen LogP contribution in [0.25, 0.3) is 0 Å². The zero-order valence-electron chi connectivity index (χ0n) is 12.2. The molecular weight excluding hydrogens is 244 g/mol. The summed E-state index contributed by atoms with van der Waals surface area (Å²) < 4.78 is 6.04. The maximum absolute atomic E-state index is 11.4. The molecule has 0 unspecified atom stereocenters. The van der Waals surface area contributed by atoms with Crippen molar-refractivity contribution < 1.29 is 14.6 Å². The summed E-state index contributed by atoms with van der Waals surface area (Å²) in [5.41, 5.74) is -0.337. The first-order chi connectivity index (χ1) is 8.88. The molecule has 19 heavy (non-hydrogen) atoms. The summed E-state index contributed by atoms with van der Waals surface area (Å²) in [4.78, 5) is 12.9. The maximum atomic E-state index is 11.4. The van der Waals surface area contributed by atoms with E-state index in [1.54, 1.807) is 4.90 Å². The molecule has 0 bridgehead atoms. The first-order valence-electron chi connectivity index (χ1n) is 7.26. The highest BCUT2D eigenvalue weighted by atomic mass is 16.5. The van der Waals surface area contributed by atoms with Crippen molar-refractivity contribution in [2.75, 3.05) is 13.1 Å². The van der Waals surface area contributed by atoms with Crippen LogP contribution in [0.4, 0.5) is 4.79 Å². The Hall–Kier alpha value is -0.810. The predicted molar refractivity (Wildman–Crippen MR) is 73.4 cm³/mol. The van der Waals surface area contributed by atoms with Crippen LogP contribution in [0.15, 0.2) is 0 Å². The first kappa shape index (κ1) is 14.6. The minimum Gasteiger partial charge on any atom is -0.465 e. The number of ether oxygens (including phenoxy) is 1. The van der Waals surface area contributed by atoms with Gasteiger partial charge in [0.15, 0.2) is 0 Å². The second-order valence-electron chi connectivity index (χ2n) is 6.66. The van der Waals surface area contributed by atoms with Crippen LogP contribution in [-0.4, -0.2) is 53.0 Å². The molecule has 1 heterocycles. The normalized spacial score (nSPS) is 28.8. The minimum absolute atomic E-state index is 0.115. The van der Waals surface area contributed by atoms with Gasteiger partial charge in [0, 0.05) is 11.6 Å². The van der Waals surface area contributed by atoms with E-state index in [-0.39, 0.29) is 17.7 Å². The van der Waals surface area contributed by atoms with Crippen molar-refractivity contribution in [2.45, 2.75) is 70.2 Å². The lowest BCUT2D eigenvalue weighted by molar-refractivity contribution is -0.101. The van der Waals surface area contributed by atoms with Gasteiger partial charge in [-0.2, -0.15) is 0 Å². The van der Waals surface area contributed by atoms with Gasteiger partial charge in [-0.3, -0.25) is 0 Å². The van der Waals surface area contributed by atoms with Gasteiger partial charge in [0.25, 0.3) is 0 Å². The molecule has 0 atom stereocenters. The number of carboxylic acid groups (broad SMARTS) is 1. The highest BCUT2D eigenvalue weighted by Gasteiger charge is 2.42. The van der Waals surface area contributed by atoms with Gasteiger partial charge in [-0.05, 0) is 59.5 Å². The molecule has 0 aromatic heterocycles. The molecule has 0 aromatic rings. The van der Waals surface area contributed by atoms with Crippen molar-refractivity contribution >= 4 is 6.09 Å². The molecule has 2 aliphatic rings. The number of piperidine rings is 1. The fourth-order valence-corrected chi connectivity index (χ4v) is 3.05. The number of amides is 1. The van der Waals surface area contributed by atoms with E-state index in [1.807, 2.05) is 20.8 Å². The van der Waals surface area contributed by atoms with E-state index < -0.39 is 6.09 Å². The summed E-state index contributed by atoms with van der Waals surface area (Å²) >= 11 is 0. The number of nitrogens with one attached hydrogen (secondary N) is 1. The molecule has 1 aliphatic carbocycles. The Morgan fingerprint density at radius 3 is 2.26 bits per heavy atom. The van der Waals surface area contributed by atoms with E-state index in [2.05, 4.69) is 5.32 Å². The van der Waals surface area contributed by atoms with Gasteiger partial charge < -0.3 is 20.1 Å². The van der Waals surface area contributed by atoms with E-state index >= 15 is 0 Å². The Morgan fingerprint density at radius 2 is 1.79 bits per heavy atom. The average Bonchev–Trinajstić information content (AvgIpc) is 2.25. The highest BCUT2D eigenvalue weighted by Crippen LogP contribution is 2.34. The molecule has 1 saturated heterocycles. The molecule has 2 N–H and O–H groups in total. The third-order valence-electron chi connectivity index (χ3n) is 4.03. The summed E-state index contributed by atoms with van der Waals surface area (Å²) in [7, 11) is 0. The molecule has 110 valence electrons. The lowest BCUT2D eigenvalue weighted by atomic mass is 9.85. The third-order valence-corrected chi connectivity index (χ3v) is 4.03. The topological polar surface area (TPSA) is 61.8 Å². The summed E-state index contributed by atoms with van der Waals surface area (Å²) in [5.74, 6) is 0. The smallest absolute Gasteiger partial charge is 0.407 e. The van der Waals surface area contributed by atoms with Crippen molar-refractivity contribution in [2.24, 2.45) is 0 Å². The van der Waals surface area contributed by atoms with E-state index in [4.69, 9.17) is 4.74 Å². The molecule has 5 heteroatoms. The molecule has 1 aliphatic heterocycles. The van der Waals surface area contributed by atoms with Gasteiger partial charge in [0.2, 0.25) is 0 Å². The van der Waals surface area contributed by atoms with Gasteiger partial charge in [-0.25, -0.2) is 4.79 Å². The Bertz CT molecular complexity index is 315. The van der Waals surface area contributed by atoms with Crippen LogP contribution in [-0.2, 0) is 4.74 Å². The summed E-state index contributed by atoms with van der Waals surface area (Å²) in [6.45, 7) is 7.90. The third kappa shape index (κ3) is 3.60. The molecule has 0 aromatic carbocycles. The van der Waals surface area contributed by atoms with E-state index in [1.165, 1.54) is 0 Å². The van der Waals surface area contributed by atoms with Crippen LogP contribution < -0.4 is 5.32 Å². The number of carbonyl (C=O) groups is 1. The van der Waals surface area contributed by atoms with E-state index in [0.29, 0.717) is 6.10 Å².